The van der Waals surface area contributed by atoms with Crippen LogP contribution in [0.3, 0.4) is 0 Å². The number of nitrogens with zero attached hydrogens (tertiary/aromatic N) is 1. The molecule has 0 saturated carbocycles. The van der Waals surface area contributed by atoms with Crippen molar-refractivity contribution in [1.82, 2.24) is 4.90 Å². The Morgan fingerprint density at radius 1 is 1.17 bits per heavy atom. The number of hydrogen-bond donors (Lipinski definition) is 0. The molecular formula is C13H17NO3S. The average Bonchev–Trinajstić information content (AvgIpc) is 2.38. The molecule has 98 valence electrons. The van der Waals surface area contributed by atoms with Crippen molar-refractivity contribution in [3.8, 4) is 0 Å². The van der Waals surface area contributed by atoms with Crippen LogP contribution in [0.25, 0.3) is 0 Å². The zero-order chi connectivity index (χ0) is 13.2. The lowest BCUT2D eigenvalue weighted by Crippen LogP contribution is -2.47. The van der Waals surface area contributed by atoms with E-state index in [0.29, 0.717) is 18.7 Å². The van der Waals surface area contributed by atoms with Crippen LogP contribution >= 0.6 is 0 Å². The normalized spacial score (nSPS) is 21.4. The molecule has 1 heterocycles. The summed E-state index contributed by atoms with van der Waals surface area (Å²) in [6.45, 7) is 2.73. The van der Waals surface area contributed by atoms with Crippen LogP contribution in [0.1, 0.15) is 17.3 Å². The molecule has 0 spiro atoms. The van der Waals surface area contributed by atoms with Crippen molar-refractivity contribution < 1.29 is 13.2 Å². The fourth-order valence-corrected chi connectivity index (χ4v) is 3.35. The third-order valence-corrected chi connectivity index (χ3v) is 4.97. The SMILES string of the molecule is CC(C(=O)c1ccccc1)N1CCS(=O)(=O)CC1. The second-order valence-electron chi connectivity index (χ2n) is 4.59. The second-order valence-corrected chi connectivity index (χ2v) is 6.90. The van der Waals surface area contributed by atoms with E-state index in [2.05, 4.69) is 0 Å². The fourth-order valence-electron chi connectivity index (χ4n) is 2.12. The molecule has 1 unspecified atom stereocenters. The van der Waals surface area contributed by atoms with Crippen LogP contribution in [0.15, 0.2) is 30.3 Å². The van der Waals surface area contributed by atoms with Crippen molar-refractivity contribution >= 4 is 15.6 Å². The topological polar surface area (TPSA) is 54.5 Å². The molecule has 18 heavy (non-hydrogen) atoms. The molecule has 0 N–H and O–H groups in total. The van der Waals surface area contributed by atoms with Crippen LogP contribution in [-0.2, 0) is 9.84 Å². The predicted molar refractivity (Wildman–Crippen MR) is 70.5 cm³/mol. The molecule has 0 aliphatic carbocycles. The van der Waals surface area contributed by atoms with Crippen molar-refractivity contribution in [2.75, 3.05) is 24.6 Å². The number of hydrogen-bond acceptors (Lipinski definition) is 4. The molecule has 1 aromatic carbocycles. The number of carbonyl (C=O) groups excluding carboxylic acids is 1. The molecule has 4 nitrogen and oxygen atoms in total. The van der Waals surface area contributed by atoms with Gasteiger partial charge in [0, 0.05) is 18.7 Å². The van der Waals surface area contributed by atoms with E-state index in [4.69, 9.17) is 0 Å². The Hall–Kier alpha value is -1.20. The Morgan fingerprint density at radius 2 is 1.72 bits per heavy atom. The highest BCUT2D eigenvalue weighted by Crippen LogP contribution is 2.12. The average molecular weight is 267 g/mol. The van der Waals surface area contributed by atoms with E-state index in [9.17, 15) is 13.2 Å². The minimum Gasteiger partial charge on any atom is -0.292 e. The number of rotatable bonds is 3. The highest BCUT2D eigenvalue weighted by Gasteiger charge is 2.28. The van der Waals surface area contributed by atoms with Crippen LogP contribution in [0.2, 0.25) is 0 Å². The molecule has 1 aromatic rings. The molecule has 1 saturated heterocycles. The van der Waals surface area contributed by atoms with E-state index in [0.717, 1.165) is 0 Å². The lowest BCUT2D eigenvalue weighted by atomic mass is 10.0. The molecular weight excluding hydrogens is 250 g/mol. The zero-order valence-electron chi connectivity index (χ0n) is 10.4. The van der Waals surface area contributed by atoms with Crippen molar-refractivity contribution in [2.45, 2.75) is 13.0 Å². The summed E-state index contributed by atoms with van der Waals surface area (Å²) in [5, 5.41) is 0. The minimum absolute atomic E-state index is 0.0508. The summed E-state index contributed by atoms with van der Waals surface area (Å²) < 4.78 is 22.7. The first kappa shape index (κ1) is 13.2. The van der Waals surface area contributed by atoms with Gasteiger partial charge in [0.05, 0.1) is 17.5 Å². The van der Waals surface area contributed by atoms with Crippen LogP contribution in [0.5, 0.6) is 0 Å². The number of ketones is 1. The van der Waals surface area contributed by atoms with Gasteiger partial charge in [0.25, 0.3) is 0 Å². The van der Waals surface area contributed by atoms with Crippen LogP contribution < -0.4 is 0 Å². The van der Waals surface area contributed by atoms with Gasteiger partial charge in [-0.3, -0.25) is 9.69 Å². The van der Waals surface area contributed by atoms with Gasteiger partial charge in [-0.15, -0.1) is 0 Å². The number of Topliss-reactive ketones (excluding diaryl/α,β-unsaturated/α-hetero) is 1. The van der Waals surface area contributed by atoms with Crippen molar-refractivity contribution in [2.24, 2.45) is 0 Å². The van der Waals surface area contributed by atoms with Crippen LogP contribution in [-0.4, -0.2) is 49.7 Å². The summed E-state index contributed by atoms with van der Waals surface area (Å²) in [5.74, 6) is 0.355. The van der Waals surface area contributed by atoms with E-state index < -0.39 is 9.84 Å². The van der Waals surface area contributed by atoms with Crippen molar-refractivity contribution in [3.63, 3.8) is 0 Å². The second kappa shape index (κ2) is 5.20. The number of benzene rings is 1. The maximum atomic E-state index is 12.2. The third-order valence-electron chi connectivity index (χ3n) is 3.36. The summed E-state index contributed by atoms with van der Waals surface area (Å²) in [6, 6.07) is 8.86. The monoisotopic (exact) mass is 267 g/mol. The maximum Gasteiger partial charge on any atom is 0.179 e. The van der Waals surface area contributed by atoms with Gasteiger partial charge in [0.2, 0.25) is 0 Å². The number of carbonyl (C=O) groups is 1. The van der Waals surface area contributed by atoms with Crippen molar-refractivity contribution in [3.05, 3.63) is 35.9 Å². The Balaban J connectivity index is 2.04. The summed E-state index contributed by atoms with van der Waals surface area (Å²) in [4.78, 5) is 14.2. The van der Waals surface area contributed by atoms with Gasteiger partial charge in [-0.25, -0.2) is 8.42 Å². The van der Waals surface area contributed by atoms with E-state index in [1.54, 1.807) is 12.1 Å². The summed E-state index contributed by atoms with van der Waals surface area (Å²) in [7, 11) is -2.89. The Labute approximate surface area is 108 Å². The van der Waals surface area contributed by atoms with Crippen molar-refractivity contribution in [1.29, 1.82) is 0 Å². The first-order chi connectivity index (χ1) is 8.49. The molecule has 0 amide bonds. The molecule has 1 aliphatic rings. The molecule has 1 aliphatic heterocycles. The van der Waals surface area contributed by atoms with Gasteiger partial charge < -0.3 is 0 Å². The Morgan fingerprint density at radius 3 is 2.28 bits per heavy atom. The first-order valence-corrected chi connectivity index (χ1v) is 7.85. The minimum atomic E-state index is -2.89. The van der Waals surface area contributed by atoms with E-state index >= 15 is 0 Å². The molecule has 5 heteroatoms. The molecule has 2 rings (SSSR count). The summed E-state index contributed by atoms with van der Waals surface area (Å²) in [5.41, 5.74) is 0.679. The summed E-state index contributed by atoms with van der Waals surface area (Å²) in [6.07, 6.45) is 0. The Kier molecular flexibility index (Phi) is 3.82. The van der Waals surface area contributed by atoms with Gasteiger partial charge in [0.1, 0.15) is 0 Å². The van der Waals surface area contributed by atoms with Gasteiger partial charge in [-0.2, -0.15) is 0 Å². The van der Waals surface area contributed by atoms with Gasteiger partial charge in [0.15, 0.2) is 15.6 Å². The highest BCUT2D eigenvalue weighted by molar-refractivity contribution is 7.91. The lowest BCUT2D eigenvalue weighted by molar-refractivity contribution is 0.0849. The van der Waals surface area contributed by atoms with E-state index in [-0.39, 0.29) is 23.3 Å². The van der Waals surface area contributed by atoms with E-state index in [1.165, 1.54) is 0 Å². The molecule has 0 radical (unpaired) electrons. The molecule has 1 fully saturated rings. The lowest BCUT2D eigenvalue weighted by Gasteiger charge is -2.31. The zero-order valence-corrected chi connectivity index (χ0v) is 11.2. The largest absolute Gasteiger partial charge is 0.292 e. The van der Waals surface area contributed by atoms with Gasteiger partial charge >= 0.3 is 0 Å². The van der Waals surface area contributed by atoms with Crippen LogP contribution in [0.4, 0.5) is 0 Å². The molecule has 0 aromatic heterocycles. The van der Waals surface area contributed by atoms with E-state index in [1.807, 2.05) is 30.0 Å². The smallest absolute Gasteiger partial charge is 0.179 e. The third kappa shape index (κ3) is 2.97. The fraction of sp³-hybridized carbons (Fsp3) is 0.462. The standard InChI is InChI=1S/C13H17NO3S/c1-11(13(15)12-5-3-2-4-6-12)14-7-9-18(16,17)10-8-14/h2-6,11H,7-10H2,1H3. The first-order valence-electron chi connectivity index (χ1n) is 6.03. The van der Waals surface area contributed by atoms with Gasteiger partial charge in [-0.1, -0.05) is 30.3 Å². The summed E-state index contributed by atoms with van der Waals surface area (Å²) >= 11 is 0. The maximum absolute atomic E-state index is 12.2. The van der Waals surface area contributed by atoms with Gasteiger partial charge in [-0.05, 0) is 6.92 Å². The number of sulfone groups is 1. The molecule has 0 bridgehead atoms. The Bertz CT molecular complexity index is 510. The quantitative estimate of drug-likeness (QED) is 0.766. The highest BCUT2D eigenvalue weighted by atomic mass is 32.2. The molecule has 1 atom stereocenters. The predicted octanol–water partition coefficient (Wildman–Crippen LogP) is 0.988. The van der Waals surface area contributed by atoms with Crippen LogP contribution in [0, 0.1) is 0 Å².